The fourth-order valence-electron chi connectivity index (χ4n) is 0.673. The van der Waals surface area contributed by atoms with Crippen LogP contribution in [-0.4, -0.2) is 18.7 Å². The van der Waals surface area contributed by atoms with Crippen LogP contribution < -0.4 is 0 Å². The number of hydrogen-bond donors (Lipinski definition) is 1. The van der Waals surface area contributed by atoms with Crippen LogP contribution in [0.15, 0.2) is 0 Å². The van der Waals surface area contributed by atoms with E-state index in [2.05, 4.69) is 0 Å². The first-order valence-corrected chi connectivity index (χ1v) is 5.52. The van der Waals surface area contributed by atoms with Crippen molar-refractivity contribution in [1.29, 1.82) is 0 Å². The third-order valence-corrected chi connectivity index (χ3v) is 3.66. The molecule has 0 saturated heterocycles. The van der Waals surface area contributed by atoms with Crippen LogP contribution in [0, 0.1) is 10.8 Å². The first-order valence-electron chi connectivity index (χ1n) is 3.91. The van der Waals surface area contributed by atoms with E-state index in [4.69, 9.17) is 4.55 Å². The van der Waals surface area contributed by atoms with E-state index in [1.165, 1.54) is 0 Å². The predicted octanol–water partition coefficient (Wildman–Crippen LogP) is 1.95. The maximum absolute atomic E-state index is 10.6. The summed E-state index contributed by atoms with van der Waals surface area (Å²) < 4.78 is 30.0. The Morgan fingerprint density at radius 3 is 1.50 bits per heavy atom. The topological polar surface area (TPSA) is 54.4 Å². The average Bonchev–Trinajstić information content (AvgIpc) is 1.52. The highest BCUT2D eigenvalue weighted by Gasteiger charge is 2.36. The molecule has 0 aromatic heterocycles. The molecule has 0 amide bonds. The molecule has 0 saturated carbocycles. The van der Waals surface area contributed by atoms with Crippen molar-refractivity contribution < 1.29 is 13.0 Å². The normalized spacial score (nSPS) is 14.8. The van der Waals surface area contributed by atoms with Gasteiger partial charge in [-0.3, -0.25) is 4.55 Å². The average molecular weight is 194 g/mol. The summed E-state index contributed by atoms with van der Waals surface area (Å²) in [5, 5.41) is 0. The molecular formula is C8H18O3S. The summed E-state index contributed by atoms with van der Waals surface area (Å²) in [5.41, 5.74) is -0.552. The van der Waals surface area contributed by atoms with Gasteiger partial charge in [0.2, 0.25) is 0 Å². The second kappa shape index (κ2) is 3.00. The maximum atomic E-state index is 10.6. The van der Waals surface area contributed by atoms with Gasteiger partial charge in [0.1, 0.15) is 0 Å². The zero-order valence-corrected chi connectivity index (χ0v) is 9.20. The third kappa shape index (κ3) is 3.54. The quantitative estimate of drug-likeness (QED) is 0.683. The molecule has 74 valence electrons. The first kappa shape index (κ1) is 11.9. The third-order valence-electron chi connectivity index (χ3n) is 2.57. The predicted molar refractivity (Wildman–Crippen MR) is 49.7 cm³/mol. The highest BCUT2D eigenvalue weighted by molar-refractivity contribution is 7.85. The van der Waals surface area contributed by atoms with E-state index in [1.807, 2.05) is 34.6 Å². The SMILES string of the molecule is CC(C)(C)C(C)(C)CS(=O)(=O)O. The van der Waals surface area contributed by atoms with Gasteiger partial charge in [0.05, 0.1) is 5.75 Å². The number of rotatable bonds is 2. The molecule has 0 rings (SSSR count). The fraction of sp³-hybridized carbons (Fsp3) is 1.00. The molecule has 0 aliphatic carbocycles. The molecule has 0 aliphatic heterocycles. The molecule has 4 heteroatoms. The highest BCUT2D eigenvalue weighted by atomic mass is 32.2. The van der Waals surface area contributed by atoms with Crippen LogP contribution in [0.25, 0.3) is 0 Å². The summed E-state index contributed by atoms with van der Waals surface area (Å²) in [4.78, 5) is 0. The van der Waals surface area contributed by atoms with Gasteiger partial charge in [0, 0.05) is 0 Å². The van der Waals surface area contributed by atoms with Crippen LogP contribution in [0.5, 0.6) is 0 Å². The summed E-state index contributed by atoms with van der Waals surface area (Å²) in [6.07, 6.45) is 0. The van der Waals surface area contributed by atoms with E-state index >= 15 is 0 Å². The van der Waals surface area contributed by atoms with Crippen molar-refractivity contribution in [3.63, 3.8) is 0 Å². The van der Waals surface area contributed by atoms with Gasteiger partial charge in [0.15, 0.2) is 0 Å². The van der Waals surface area contributed by atoms with Crippen LogP contribution in [-0.2, 0) is 10.1 Å². The van der Waals surface area contributed by atoms with Crippen LogP contribution in [0.2, 0.25) is 0 Å². The van der Waals surface area contributed by atoms with Gasteiger partial charge in [-0.2, -0.15) is 8.42 Å². The molecule has 0 radical (unpaired) electrons. The highest BCUT2D eigenvalue weighted by Crippen LogP contribution is 2.38. The summed E-state index contributed by atoms with van der Waals surface area (Å²) in [5.74, 6) is -0.191. The van der Waals surface area contributed by atoms with Crippen LogP contribution in [0.1, 0.15) is 34.6 Å². The fourth-order valence-corrected chi connectivity index (χ4v) is 2.02. The molecule has 0 aromatic carbocycles. The smallest absolute Gasteiger partial charge is 0.265 e. The van der Waals surface area contributed by atoms with E-state index in [9.17, 15) is 8.42 Å². The molecule has 0 aromatic rings. The molecule has 0 heterocycles. The number of hydrogen-bond acceptors (Lipinski definition) is 2. The Labute approximate surface area is 74.9 Å². The van der Waals surface area contributed by atoms with Crippen molar-refractivity contribution in [3.8, 4) is 0 Å². The van der Waals surface area contributed by atoms with E-state index in [1.54, 1.807) is 0 Å². The summed E-state index contributed by atoms with van der Waals surface area (Å²) in [6.45, 7) is 9.54. The molecule has 0 unspecified atom stereocenters. The molecule has 3 nitrogen and oxygen atoms in total. The Morgan fingerprint density at radius 1 is 1.08 bits per heavy atom. The summed E-state index contributed by atoms with van der Waals surface area (Å²) >= 11 is 0. The van der Waals surface area contributed by atoms with E-state index in [0.29, 0.717) is 0 Å². The minimum atomic E-state index is -3.86. The van der Waals surface area contributed by atoms with Crippen molar-refractivity contribution in [1.82, 2.24) is 0 Å². The molecule has 0 atom stereocenters. The lowest BCUT2D eigenvalue weighted by atomic mass is 9.71. The van der Waals surface area contributed by atoms with Crippen molar-refractivity contribution in [2.45, 2.75) is 34.6 Å². The molecular weight excluding hydrogens is 176 g/mol. The lowest BCUT2D eigenvalue weighted by molar-refractivity contribution is 0.157. The minimum Gasteiger partial charge on any atom is -0.286 e. The van der Waals surface area contributed by atoms with Crippen molar-refractivity contribution in [3.05, 3.63) is 0 Å². The molecule has 1 N–H and O–H groups in total. The van der Waals surface area contributed by atoms with Crippen molar-refractivity contribution in [2.75, 3.05) is 5.75 Å². The molecule has 12 heavy (non-hydrogen) atoms. The van der Waals surface area contributed by atoms with E-state index < -0.39 is 15.5 Å². The van der Waals surface area contributed by atoms with Crippen LogP contribution in [0.4, 0.5) is 0 Å². The van der Waals surface area contributed by atoms with Gasteiger partial charge in [-0.25, -0.2) is 0 Å². The molecule has 0 spiro atoms. The Balaban J connectivity index is 4.67. The monoisotopic (exact) mass is 194 g/mol. The summed E-state index contributed by atoms with van der Waals surface area (Å²) in [6, 6.07) is 0. The Bertz CT molecular complexity index is 244. The van der Waals surface area contributed by atoms with Crippen LogP contribution in [0.3, 0.4) is 0 Å². The molecule has 0 aliphatic rings. The van der Waals surface area contributed by atoms with Gasteiger partial charge in [-0.1, -0.05) is 34.6 Å². The largest absolute Gasteiger partial charge is 0.286 e. The standard InChI is InChI=1S/C8H18O3S/c1-7(2,3)8(4,5)6-12(9,10)11/h6H2,1-5H3,(H,9,10,11). The van der Waals surface area contributed by atoms with Gasteiger partial charge >= 0.3 is 0 Å². The van der Waals surface area contributed by atoms with Gasteiger partial charge in [0.25, 0.3) is 10.1 Å². The van der Waals surface area contributed by atoms with E-state index in [-0.39, 0.29) is 11.2 Å². The zero-order chi connectivity index (χ0) is 10.2. The minimum absolute atomic E-state index is 0.136. The zero-order valence-electron chi connectivity index (χ0n) is 8.38. The second-order valence-corrected chi connectivity index (χ2v) is 6.31. The molecule has 0 fully saturated rings. The van der Waals surface area contributed by atoms with Crippen LogP contribution >= 0.6 is 0 Å². The van der Waals surface area contributed by atoms with Gasteiger partial charge in [-0.05, 0) is 10.8 Å². The van der Waals surface area contributed by atoms with Crippen molar-refractivity contribution >= 4 is 10.1 Å². The molecule has 0 bridgehead atoms. The van der Waals surface area contributed by atoms with Crippen molar-refractivity contribution in [2.24, 2.45) is 10.8 Å². The Morgan fingerprint density at radius 2 is 1.42 bits per heavy atom. The lowest BCUT2D eigenvalue weighted by Crippen LogP contribution is -2.36. The Kier molecular flexibility index (Phi) is 2.97. The first-order chi connectivity index (χ1) is 4.96. The van der Waals surface area contributed by atoms with E-state index in [0.717, 1.165) is 0 Å². The second-order valence-electron chi connectivity index (χ2n) is 4.86. The lowest BCUT2D eigenvalue weighted by Gasteiger charge is -2.37. The summed E-state index contributed by atoms with van der Waals surface area (Å²) in [7, 11) is -3.86. The Hall–Kier alpha value is -0.0900. The van der Waals surface area contributed by atoms with Gasteiger partial charge in [-0.15, -0.1) is 0 Å². The maximum Gasteiger partial charge on any atom is 0.265 e. The van der Waals surface area contributed by atoms with Gasteiger partial charge < -0.3 is 0 Å².